The Labute approximate surface area is 121 Å². The third-order valence-electron chi connectivity index (χ3n) is 2.67. The Balaban J connectivity index is 2.39. The average molecular weight is 297 g/mol. The van der Waals surface area contributed by atoms with E-state index in [0.29, 0.717) is 33.6 Å². The molecule has 2 rings (SSSR count). The molecule has 0 fully saturated rings. The van der Waals surface area contributed by atoms with Gasteiger partial charge in [0, 0.05) is 17.4 Å². The van der Waals surface area contributed by atoms with Crippen molar-refractivity contribution in [2.45, 2.75) is 0 Å². The van der Waals surface area contributed by atoms with Crippen LogP contribution in [0.25, 0.3) is 0 Å². The number of methoxy groups -OCH3 is 2. The van der Waals surface area contributed by atoms with Crippen LogP contribution in [0.3, 0.4) is 0 Å². The van der Waals surface area contributed by atoms with Crippen LogP contribution in [0.4, 0.5) is 21.5 Å². The molecule has 0 heterocycles. The molecule has 0 aliphatic heterocycles. The van der Waals surface area contributed by atoms with Gasteiger partial charge >= 0.3 is 0 Å². The maximum absolute atomic E-state index is 13.3. The molecule has 0 saturated carbocycles. The number of hydrogen-bond donors (Lipinski definition) is 2. The minimum Gasteiger partial charge on any atom is -0.495 e. The van der Waals surface area contributed by atoms with E-state index in [1.807, 2.05) is 0 Å². The molecule has 0 aromatic heterocycles. The molecule has 0 saturated heterocycles. The first-order valence-corrected chi connectivity index (χ1v) is 6.16. The van der Waals surface area contributed by atoms with Crippen LogP contribution in [0.5, 0.6) is 11.5 Å². The number of nitrogen functional groups attached to an aromatic ring is 1. The second-order valence-electron chi connectivity index (χ2n) is 4.09. The quantitative estimate of drug-likeness (QED) is 0.842. The van der Waals surface area contributed by atoms with Gasteiger partial charge in [0.25, 0.3) is 0 Å². The summed E-state index contributed by atoms with van der Waals surface area (Å²) in [5.74, 6) is 0.591. The van der Waals surface area contributed by atoms with Crippen LogP contribution in [0.2, 0.25) is 5.02 Å². The summed E-state index contributed by atoms with van der Waals surface area (Å²) in [6.07, 6.45) is 0. The molecule has 3 N–H and O–H groups in total. The SMILES string of the molecule is COc1cc(OC)c(Nc2cc(N)cc(F)c2)cc1Cl. The fraction of sp³-hybridized carbons (Fsp3) is 0.143. The fourth-order valence-electron chi connectivity index (χ4n) is 1.80. The van der Waals surface area contributed by atoms with Gasteiger partial charge in [-0.15, -0.1) is 0 Å². The van der Waals surface area contributed by atoms with E-state index >= 15 is 0 Å². The summed E-state index contributed by atoms with van der Waals surface area (Å²) in [5, 5.41) is 3.43. The van der Waals surface area contributed by atoms with Crippen molar-refractivity contribution in [2.75, 3.05) is 25.3 Å². The first-order chi connectivity index (χ1) is 9.53. The highest BCUT2D eigenvalue weighted by atomic mass is 35.5. The number of ether oxygens (including phenoxy) is 2. The van der Waals surface area contributed by atoms with E-state index < -0.39 is 5.82 Å². The van der Waals surface area contributed by atoms with Gasteiger partial charge in [0.15, 0.2) is 0 Å². The monoisotopic (exact) mass is 296 g/mol. The normalized spacial score (nSPS) is 10.2. The molecule has 0 bridgehead atoms. The summed E-state index contributed by atoms with van der Waals surface area (Å²) in [4.78, 5) is 0. The van der Waals surface area contributed by atoms with Crippen molar-refractivity contribution in [3.8, 4) is 11.5 Å². The lowest BCUT2D eigenvalue weighted by atomic mass is 10.2. The molecule has 2 aromatic rings. The molecule has 20 heavy (non-hydrogen) atoms. The van der Waals surface area contributed by atoms with E-state index in [0.717, 1.165) is 0 Å². The highest BCUT2D eigenvalue weighted by Crippen LogP contribution is 2.37. The largest absolute Gasteiger partial charge is 0.495 e. The Hall–Kier alpha value is -2.14. The van der Waals surface area contributed by atoms with Gasteiger partial charge in [0.2, 0.25) is 0 Å². The zero-order valence-electron chi connectivity index (χ0n) is 11.0. The van der Waals surface area contributed by atoms with Gasteiger partial charge < -0.3 is 20.5 Å². The van der Waals surface area contributed by atoms with Gasteiger partial charge in [-0.3, -0.25) is 0 Å². The van der Waals surface area contributed by atoms with Crippen molar-refractivity contribution in [1.29, 1.82) is 0 Å². The van der Waals surface area contributed by atoms with Gasteiger partial charge in [-0.1, -0.05) is 11.6 Å². The van der Waals surface area contributed by atoms with Gasteiger partial charge in [0.05, 0.1) is 24.9 Å². The van der Waals surface area contributed by atoms with E-state index in [1.54, 1.807) is 18.2 Å². The molecule has 106 valence electrons. The average Bonchev–Trinajstić information content (AvgIpc) is 2.38. The molecular weight excluding hydrogens is 283 g/mol. The topological polar surface area (TPSA) is 56.5 Å². The molecule has 0 aliphatic rings. The third kappa shape index (κ3) is 3.05. The number of hydrogen-bond acceptors (Lipinski definition) is 4. The van der Waals surface area contributed by atoms with Crippen LogP contribution in [0, 0.1) is 5.82 Å². The van der Waals surface area contributed by atoms with Crippen LogP contribution in [0.1, 0.15) is 0 Å². The molecule has 6 heteroatoms. The standard InChI is InChI=1S/C14H14ClFN2O2/c1-19-13-7-14(20-2)12(6-11(13)15)18-10-4-8(16)3-9(17)5-10/h3-7,18H,17H2,1-2H3. The number of benzene rings is 2. The van der Waals surface area contributed by atoms with Crippen LogP contribution in [0.15, 0.2) is 30.3 Å². The van der Waals surface area contributed by atoms with Crippen LogP contribution in [-0.4, -0.2) is 14.2 Å². The molecule has 0 amide bonds. The Bertz CT molecular complexity index is 615. The number of halogens is 2. The number of rotatable bonds is 4. The van der Waals surface area contributed by atoms with Crippen molar-refractivity contribution in [2.24, 2.45) is 0 Å². The maximum atomic E-state index is 13.3. The molecular formula is C14H14ClFN2O2. The maximum Gasteiger partial charge on any atom is 0.146 e. The van der Waals surface area contributed by atoms with Crippen LogP contribution >= 0.6 is 11.6 Å². The second-order valence-corrected chi connectivity index (χ2v) is 4.49. The van der Waals surface area contributed by atoms with Crippen molar-refractivity contribution >= 4 is 28.7 Å². The Kier molecular flexibility index (Phi) is 4.20. The molecule has 0 atom stereocenters. The first-order valence-electron chi connectivity index (χ1n) is 5.78. The molecule has 0 radical (unpaired) electrons. The fourth-order valence-corrected chi connectivity index (χ4v) is 2.04. The third-order valence-corrected chi connectivity index (χ3v) is 2.97. The van der Waals surface area contributed by atoms with E-state index in [2.05, 4.69) is 5.32 Å². The van der Waals surface area contributed by atoms with E-state index in [9.17, 15) is 4.39 Å². The van der Waals surface area contributed by atoms with Crippen molar-refractivity contribution in [1.82, 2.24) is 0 Å². The lowest BCUT2D eigenvalue weighted by Gasteiger charge is -2.14. The van der Waals surface area contributed by atoms with Crippen molar-refractivity contribution < 1.29 is 13.9 Å². The van der Waals surface area contributed by atoms with Gasteiger partial charge in [-0.05, 0) is 24.3 Å². The molecule has 2 aromatic carbocycles. The van der Waals surface area contributed by atoms with Gasteiger partial charge in [0.1, 0.15) is 17.3 Å². The summed E-state index contributed by atoms with van der Waals surface area (Å²) in [7, 11) is 3.04. The van der Waals surface area contributed by atoms with Crippen molar-refractivity contribution in [3.05, 3.63) is 41.2 Å². The highest BCUT2D eigenvalue weighted by molar-refractivity contribution is 6.32. The smallest absolute Gasteiger partial charge is 0.146 e. The lowest BCUT2D eigenvalue weighted by molar-refractivity contribution is 0.396. The number of anilines is 3. The Morgan fingerprint density at radius 2 is 1.75 bits per heavy atom. The van der Waals surface area contributed by atoms with E-state index in [-0.39, 0.29) is 0 Å². The number of nitrogens with two attached hydrogens (primary N) is 1. The van der Waals surface area contributed by atoms with E-state index in [1.165, 1.54) is 26.4 Å². The lowest BCUT2D eigenvalue weighted by Crippen LogP contribution is -1.98. The second kappa shape index (κ2) is 5.88. The van der Waals surface area contributed by atoms with E-state index in [4.69, 9.17) is 26.8 Å². The summed E-state index contributed by atoms with van der Waals surface area (Å²) in [6, 6.07) is 7.46. The Morgan fingerprint density at radius 1 is 1.05 bits per heavy atom. The first kappa shape index (κ1) is 14.3. The Morgan fingerprint density at radius 3 is 2.35 bits per heavy atom. The minimum atomic E-state index is -0.425. The summed E-state index contributed by atoms with van der Waals surface area (Å²) < 4.78 is 23.7. The van der Waals surface area contributed by atoms with Crippen molar-refractivity contribution in [3.63, 3.8) is 0 Å². The highest BCUT2D eigenvalue weighted by Gasteiger charge is 2.10. The minimum absolute atomic E-state index is 0.325. The zero-order valence-corrected chi connectivity index (χ0v) is 11.8. The zero-order chi connectivity index (χ0) is 14.7. The summed E-state index contributed by atoms with van der Waals surface area (Å²) in [6.45, 7) is 0. The van der Waals surface area contributed by atoms with Crippen LogP contribution in [-0.2, 0) is 0 Å². The van der Waals surface area contributed by atoms with Gasteiger partial charge in [-0.25, -0.2) is 4.39 Å². The molecule has 0 spiro atoms. The number of nitrogens with one attached hydrogen (secondary N) is 1. The molecule has 4 nitrogen and oxygen atoms in total. The summed E-state index contributed by atoms with van der Waals surface area (Å²) in [5.41, 5.74) is 7.02. The predicted molar refractivity (Wildman–Crippen MR) is 78.7 cm³/mol. The van der Waals surface area contributed by atoms with Gasteiger partial charge in [-0.2, -0.15) is 0 Å². The van der Waals surface area contributed by atoms with Crippen LogP contribution < -0.4 is 20.5 Å². The predicted octanol–water partition coefficient (Wildman–Crippen LogP) is 3.82. The summed E-state index contributed by atoms with van der Waals surface area (Å²) >= 11 is 6.07. The molecule has 0 unspecified atom stereocenters. The molecule has 0 aliphatic carbocycles.